The summed E-state index contributed by atoms with van der Waals surface area (Å²) in [7, 11) is 0. The summed E-state index contributed by atoms with van der Waals surface area (Å²) in [6.07, 6.45) is 5.42. The largest absolute Gasteiger partial charge is 0.444 e. The highest BCUT2D eigenvalue weighted by Gasteiger charge is 2.42. The van der Waals surface area contributed by atoms with Gasteiger partial charge in [-0.2, -0.15) is 0 Å². The number of nitrogens with zero attached hydrogens (tertiary/aromatic N) is 1. The molecule has 4 nitrogen and oxygen atoms in total. The molecule has 0 aromatic rings. The van der Waals surface area contributed by atoms with Crippen molar-refractivity contribution in [3.8, 4) is 0 Å². The van der Waals surface area contributed by atoms with Crippen molar-refractivity contribution in [2.24, 2.45) is 17.8 Å². The number of carbonyl (C=O) groups is 2. The van der Waals surface area contributed by atoms with Crippen molar-refractivity contribution >= 4 is 11.9 Å². The topological polar surface area (TPSA) is 46.6 Å². The van der Waals surface area contributed by atoms with Gasteiger partial charge in [-0.15, -0.1) is 0 Å². The first-order valence-electron chi connectivity index (χ1n) is 9.23. The molecule has 1 heterocycles. The maximum absolute atomic E-state index is 12.6. The molecule has 0 aromatic carbocycles. The Bertz CT molecular complexity index is 440. The van der Waals surface area contributed by atoms with Gasteiger partial charge in [0.05, 0.1) is 0 Å². The molecule has 1 aliphatic heterocycles. The van der Waals surface area contributed by atoms with Crippen molar-refractivity contribution in [2.45, 2.75) is 84.8 Å². The van der Waals surface area contributed by atoms with Crippen LogP contribution in [0.25, 0.3) is 0 Å². The normalized spacial score (nSPS) is 32.7. The van der Waals surface area contributed by atoms with Crippen molar-refractivity contribution in [3.63, 3.8) is 0 Å². The SMILES string of the molecule is CCC1CCC(=O)C(C2CC(C)CCN2C(=O)OC(C)(C)C)C1. The summed E-state index contributed by atoms with van der Waals surface area (Å²) >= 11 is 0. The van der Waals surface area contributed by atoms with Gasteiger partial charge in [-0.1, -0.05) is 20.3 Å². The molecule has 0 spiro atoms. The molecular weight excluding hydrogens is 290 g/mol. The fraction of sp³-hybridized carbons (Fsp3) is 0.895. The molecule has 4 atom stereocenters. The number of amides is 1. The molecule has 1 aliphatic carbocycles. The highest BCUT2D eigenvalue weighted by Crippen LogP contribution is 2.37. The lowest BCUT2D eigenvalue weighted by molar-refractivity contribution is -0.129. The van der Waals surface area contributed by atoms with E-state index in [1.54, 1.807) is 0 Å². The van der Waals surface area contributed by atoms with Crippen molar-refractivity contribution in [3.05, 3.63) is 0 Å². The van der Waals surface area contributed by atoms with Crippen LogP contribution in [0.5, 0.6) is 0 Å². The van der Waals surface area contributed by atoms with Crippen LogP contribution in [-0.2, 0) is 9.53 Å². The molecule has 2 aliphatic rings. The second-order valence-electron chi connectivity index (χ2n) is 8.49. The molecule has 0 aromatic heterocycles. The van der Waals surface area contributed by atoms with Gasteiger partial charge in [0.15, 0.2) is 0 Å². The third-order valence-corrected chi connectivity index (χ3v) is 5.38. The number of hydrogen-bond acceptors (Lipinski definition) is 3. The van der Waals surface area contributed by atoms with Gasteiger partial charge >= 0.3 is 6.09 Å². The molecule has 0 bridgehead atoms. The van der Waals surface area contributed by atoms with Crippen LogP contribution in [0, 0.1) is 17.8 Å². The molecule has 1 amide bonds. The molecule has 4 unspecified atom stereocenters. The van der Waals surface area contributed by atoms with E-state index in [0.717, 1.165) is 32.1 Å². The number of Topliss-reactive ketones (excluding diaryl/α,β-unsaturated/α-hetero) is 1. The quantitative estimate of drug-likeness (QED) is 0.756. The Balaban J connectivity index is 2.16. The second-order valence-corrected chi connectivity index (χ2v) is 8.49. The lowest BCUT2D eigenvalue weighted by atomic mass is 9.72. The Kier molecular flexibility index (Phi) is 5.74. The predicted molar refractivity (Wildman–Crippen MR) is 91.3 cm³/mol. The number of hydrogen-bond donors (Lipinski definition) is 0. The minimum absolute atomic E-state index is 0.00367. The van der Waals surface area contributed by atoms with Gasteiger partial charge in [0.1, 0.15) is 11.4 Å². The summed E-state index contributed by atoms with van der Waals surface area (Å²) in [5.41, 5.74) is -0.493. The van der Waals surface area contributed by atoms with Crippen molar-refractivity contribution in [1.82, 2.24) is 4.90 Å². The van der Waals surface area contributed by atoms with Crippen LogP contribution in [0.2, 0.25) is 0 Å². The van der Waals surface area contributed by atoms with Crippen LogP contribution in [0.4, 0.5) is 4.79 Å². The second kappa shape index (κ2) is 7.23. The monoisotopic (exact) mass is 323 g/mol. The van der Waals surface area contributed by atoms with Gasteiger partial charge in [-0.05, 0) is 58.3 Å². The lowest BCUT2D eigenvalue weighted by Gasteiger charge is -2.44. The van der Waals surface area contributed by atoms with Crippen molar-refractivity contribution in [2.75, 3.05) is 6.54 Å². The number of ketones is 1. The highest BCUT2D eigenvalue weighted by atomic mass is 16.6. The summed E-state index contributed by atoms with van der Waals surface area (Å²) in [6, 6.07) is 0.0236. The van der Waals surface area contributed by atoms with Gasteiger partial charge in [0.2, 0.25) is 0 Å². The van der Waals surface area contributed by atoms with Crippen LogP contribution in [0.15, 0.2) is 0 Å². The smallest absolute Gasteiger partial charge is 0.410 e. The number of rotatable bonds is 2. The Morgan fingerprint density at radius 3 is 2.57 bits per heavy atom. The van der Waals surface area contributed by atoms with Gasteiger partial charge in [-0.3, -0.25) is 4.79 Å². The molecular formula is C19H33NO3. The molecule has 132 valence electrons. The Morgan fingerprint density at radius 1 is 1.26 bits per heavy atom. The van der Waals surface area contributed by atoms with Crippen molar-refractivity contribution < 1.29 is 14.3 Å². The summed E-state index contributed by atoms with van der Waals surface area (Å²) in [5, 5.41) is 0. The van der Waals surface area contributed by atoms with E-state index < -0.39 is 5.60 Å². The van der Waals surface area contributed by atoms with E-state index in [1.807, 2.05) is 25.7 Å². The van der Waals surface area contributed by atoms with E-state index in [1.165, 1.54) is 0 Å². The van der Waals surface area contributed by atoms with E-state index in [2.05, 4.69) is 13.8 Å². The summed E-state index contributed by atoms with van der Waals surface area (Å²) in [5.74, 6) is 1.54. The fourth-order valence-electron chi connectivity index (χ4n) is 3.99. The highest BCUT2D eigenvalue weighted by molar-refractivity contribution is 5.83. The maximum atomic E-state index is 12.6. The average Bonchev–Trinajstić information content (AvgIpc) is 2.45. The van der Waals surface area contributed by atoms with E-state index in [9.17, 15) is 9.59 Å². The minimum atomic E-state index is -0.493. The van der Waals surface area contributed by atoms with Crippen LogP contribution in [-0.4, -0.2) is 35.0 Å². The summed E-state index contributed by atoms with van der Waals surface area (Å²) in [6.45, 7) is 10.8. The molecule has 2 rings (SSSR count). The maximum Gasteiger partial charge on any atom is 0.410 e. The van der Waals surface area contributed by atoms with E-state index in [-0.39, 0.29) is 18.1 Å². The third kappa shape index (κ3) is 4.71. The van der Waals surface area contributed by atoms with Crippen LogP contribution >= 0.6 is 0 Å². The van der Waals surface area contributed by atoms with Crippen LogP contribution in [0.1, 0.15) is 73.1 Å². The Labute approximate surface area is 140 Å². The van der Waals surface area contributed by atoms with Crippen LogP contribution in [0.3, 0.4) is 0 Å². The number of carbonyl (C=O) groups excluding carboxylic acids is 2. The molecule has 4 heteroatoms. The Hall–Kier alpha value is -1.06. The first kappa shape index (κ1) is 18.3. The van der Waals surface area contributed by atoms with E-state index >= 15 is 0 Å². The first-order chi connectivity index (χ1) is 10.7. The zero-order chi connectivity index (χ0) is 17.2. The lowest BCUT2D eigenvalue weighted by Crippen LogP contribution is -2.53. The zero-order valence-electron chi connectivity index (χ0n) is 15.4. The molecule has 2 fully saturated rings. The average molecular weight is 323 g/mol. The number of likely N-dealkylation sites (tertiary alicyclic amines) is 1. The molecule has 1 saturated heterocycles. The molecule has 1 saturated carbocycles. The molecule has 0 radical (unpaired) electrons. The number of ether oxygens (including phenoxy) is 1. The van der Waals surface area contributed by atoms with Crippen LogP contribution < -0.4 is 0 Å². The van der Waals surface area contributed by atoms with E-state index in [0.29, 0.717) is 30.6 Å². The van der Waals surface area contributed by atoms with Crippen molar-refractivity contribution in [1.29, 1.82) is 0 Å². The predicted octanol–water partition coefficient (Wildman–Crippen LogP) is 4.42. The van der Waals surface area contributed by atoms with Gasteiger partial charge in [0, 0.05) is 24.9 Å². The van der Waals surface area contributed by atoms with Gasteiger partial charge < -0.3 is 9.64 Å². The summed E-state index contributed by atoms with van der Waals surface area (Å²) in [4.78, 5) is 27.0. The van der Waals surface area contributed by atoms with E-state index in [4.69, 9.17) is 4.74 Å². The fourth-order valence-corrected chi connectivity index (χ4v) is 3.99. The standard InChI is InChI=1S/C19H33NO3/c1-6-14-7-8-17(21)15(12-14)16-11-13(2)9-10-20(16)18(22)23-19(3,4)5/h13-16H,6-12H2,1-5H3. The number of piperidine rings is 1. The Morgan fingerprint density at radius 2 is 1.96 bits per heavy atom. The summed E-state index contributed by atoms with van der Waals surface area (Å²) < 4.78 is 5.60. The minimum Gasteiger partial charge on any atom is -0.444 e. The molecule has 0 N–H and O–H groups in total. The first-order valence-corrected chi connectivity index (χ1v) is 9.23. The van der Waals surface area contributed by atoms with Gasteiger partial charge in [-0.25, -0.2) is 4.79 Å². The van der Waals surface area contributed by atoms with Gasteiger partial charge in [0.25, 0.3) is 0 Å². The zero-order valence-corrected chi connectivity index (χ0v) is 15.4. The third-order valence-electron chi connectivity index (χ3n) is 5.38. The molecule has 23 heavy (non-hydrogen) atoms.